The first-order chi connectivity index (χ1) is 16.9. The number of ether oxygens (including phenoxy) is 2. The molecule has 6 nitrogen and oxygen atoms in total. The van der Waals surface area contributed by atoms with Crippen molar-refractivity contribution in [3.05, 3.63) is 84.0 Å². The van der Waals surface area contributed by atoms with Gasteiger partial charge in [0.05, 0.1) is 25.9 Å². The highest BCUT2D eigenvalue weighted by Gasteiger charge is 2.19. The largest absolute Gasteiger partial charge is 0.496 e. The molecule has 178 valence electrons. The number of anilines is 1. The molecule has 0 fully saturated rings. The number of hydrogen-bond acceptors (Lipinski definition) is 7. The van der Waals surface area contributed by atoms with Gasteiger partial charge in [-0.15, -0.1) is 12.6 Å². The van der Waals surface area contributed by atoms with Crippen LogP contribution >= 0.6 is 24.2 Å². The van der Waals surface area contributed by atoms with E-state index in [4.69, 9.17) is 26.8 Å². The first kappa shape index (κ1) is 24.4. The van der Waals surface area contributed by atoms with Gasteiger partial charge in [-0.25, -0.2) is 4.39 Å². The Hall–Kier alpha value is -3.75. The summed E-state index contributed by atoms with van der Waals surface area (Å²) in [4.78, 5) is 5.27. The number of pyridine rings is 1. The van der Waals surface area contributed by atoms with E-state index in [1.54, 1.807) is 38.6 Å². The summed E-state index contributed by atoms with van der Waals surface area (Å²) in [5, 5.41) is 4.68. The molecule has 0 unspecified atom stereocenters. The predicted octanol–water partition coefficient (Wildman–Crippen LogP) is 6.92. The average molecular weight is 510 g/mol. The summed E-state index contributed by atoms with van der Waals surface area (Å²) in [6.45, 7) is 0. The molecule has 2 aromatic heterocycles. The van der Waals surface area contributed by atoms with Crippen molar-refractivity contribution in [3.63, 3.8) is 0 Å². The van der Waals surface area contributed by atoms with Crippen LogP contribution in [0.2, 0.25) is 5.02 Å². The quantitative estimate of drug-likeness (QED) is 0.256. The number of aromatic nitrogens is 2. The first-order valence-electron chi connectivity index (χ1n) is 10.4. The molecule has 5 rings (SSSR count). The van der Waals surface area contributed by atoms with Crippen LogP contribution in [0.25, 0.3) is 33.2 Å². The number of thiol groups is 1. The molecule has 0 aliphatic carbocycles. The van der Waals surface area contributed by atoms with Crippen molar-refractivity contribution in [2.75, 3.05) is 20.0 Å². The lowest BCUT2D eigenvalue weighted by molar-refractivity contribution is 0.410. The third-order valence-electron chi connectivity index (χ3n) is 5.19. The maximum absolute atomic E-state index is 13.7. The SMILES string of the molecule is COc1cc(-c2cccc(F)c2)c(Cl)cc1-c1c(OC)cnc2cc(S)ccc12.Nc1ccon1. The van der Waals surface area contributed by atoms with E-state index in [0.29, 0.717) is 33.5 Å². The van der Waals surface area contributed by atoms with Gasteiger partial charge in [-0.3, -0.25) is 4.98 Å². The zero-order chi connectivity index (χ0) is 24.9. The molecule has 9 heteroatoms. The van der Waals surface area contributed by atoms with Crippen LogP contribution < -0.4 is 15.2 Å². The molecule has 3 aromatic carbocycles. The van der Waals surface area contributed by atoms with Crippen molar-refractivity contribution in [2.45, 2.75) is 4.90 Å². The van der Waals surface area contributed by atoms with E-state index in [-0.39, 0.29) is 5.82 Å². The van der Waals surface area contributed by atoms with E-state index < -0.39 is 0 Å². The number of nitrogens with two attached hydrogens (primary N) is 1. The van der Waals surface area contributed by atoms with Gasteiger partial charge in [0.2, 0.25) is 0 Å². The van der Waals surface area contributed by atoms with Crippen LogP contribution in [0.1, 0.15) is 0 Å². The summed E-state index contributed by atoms with van der Waals surface area (Å²) in [6.07, 6.45) is 3.09. The molecule has 0 radical (unpaired) electrons. The second-order valence-corrected chi connectivity index (χ2v) is 8.29. The van der Waals surface area contributed by atoms with Crippen LogP contribution in [0.4, 0.5) is 10.2 Å². The predicted molar refractivity (Wildman–Crippen MR) is 139 cm³/mol. The Morgan fingerprint density at radius 2 is 1.77 bits per heavy atom. The molecule has 0 bridgehead atoms. The molecule has 5 aromatic rings. The monoisotopic (exact) mass is 509 g/mol. The normalized spacial score (nSPS) is 10.5. The minimum Gasteiger partial charge on any atom is -0.496 e. The van der Waals surface area contributed by atoms with Crippen molar-refractivity contribution >= 4 is 41.0 Å². The summed E-state index contributed by atoms with van der Waals surface area (Å²) >= 11 is 11.0. The van der Waals surface area contributed by atoms with Crippen LogP contribution in [0.15, 0.2) is 82.5 Å². The molecule has 0 atom stereocenters. The lowest BCUT2D eigenvalue weighted by Crippen LogP contribution is -1.96. The second kappa shape index (κ2) is 10.7. The highest BCUT2D eigenvalue weighted by atomic mass is 35.5. The van der Waals surface area contributed by atoms with E-state index in [1.165, 1.54) is 18.4 Å². The Labute approximate surface area is 211 Å². The highest BCUT2D eigenvalue weighted by Crippen LogP contribution is 2.45. The van der Waals surface area contributed by atoms with Gasteiger partial charge in [0.1, 0.15) is 23.6 Å². The zero-order valence-electron chi connectivity index (χ0n) is 18.8. The summed E-state index contributed by atoms with van der Waals surface area (Å²) < 4.78 is 29.3. The highest BCUT2D eigenvalue weighted by molar-refractivity contribution is 7.80. The Morgan fingerprint density at radius 1 is 0.971 bits per heavy atom. The summed E-state index contributed by atoms with van der Waals surface area (Å²) in [6, 6.07) is 17.2. The summed E-state index contributed by atoms with van der Waals surface area (Å²) in [7, 11) is 3.18. The van der Waals surface area contributed by atoms with Crippen molar-refractivity contribution < 1.29 is 18.4 Å². The third-order valence-corrected chi connectivity index (χ3v) is 5.78. The number of halogens is 2. The zero-order valence-corrected chi connectivity index (χ0v) is 20.5. The van der Waals surface area contributed by atoms with Crippen LogP contribution in [0, 0.1) is 5.82 Å². The maximum Gasteiger partial charge on any atom is 0.166 e. The van der Waals surface area contributed by atoms with Gasteiger partial charge in [-0.2, -0.15) is 0 Å². The molecular formula is C26H21ClFN3O3S. The number of nitrogen functional groups attached to an aromatic ring is 1. The molecule has 0 spiro atoms. The fourth-order valence-corrected chi connectivity index (χ4v) is 4.08. The number of fused-ring (bicyclic) bond motifs is 1. The van der Waals surface area contributed by atoms with E-state index in [1.807, 2.05) is 30.3 Å². The van der Waals surface area contributed by atoms with Crippen molar-refractivity contribution in [3.8, 4) is 33.8 Å². The summed E-state index contributed by atoms with van der Waals surface area (Å²) in [5.41, 5.74) is 8.78. The van der Waals surface area contributed by atoms with E-state index in [2.05, 4.69) is 27.3 Å². The number of benzene rings is 3. The van der Waals surface area contributed by atoms with Crippen LogP contribution in [0.3, 0.4) is 0 Å². The van der Waals surface area contributed by atoms with E-state index in [0.717, 1.165) is 26.9 Å². The van der Waals surface area contributed by atoms with Gasteiger partial charge in [0, 0.05) is 38.1 Å². The smallest absolute Gasteiger partial charge is 0.166 e. The molecule has 0 saturated carbocycles. The molecular weight excluding hydrogens is 489 g/mol. The van der Waals surface area contributed by atoms with E-state index >= 15 is 0 Å². The summed E-state index contributed by atoms with van der Waals surface area (Å²) in [5.74, 6) is 1.28. The van der Waals surface area contributed by atoms with Gasteiger partial charge >= 0.3 is 0 Å². The Balaban J connectivity index is 0.000000421. The minimum atomic E-state index is -0.328. The lowest BCUT2D eigenvalue weighted by atomic mass is 9.96. The Bertz CT molecular complexity index is 1480. The standard InChI is InChI=1S/C23H17ClFNO2S.C3H4N2O/c1-27-21-11-17(13-4-3-5-14(25)8-13)19(24)10-18(21)23-16-7-6-15(29)9-20(16)26-12-22(23)28-2;4-3-1-2-6-5-3/h3-12,29H,1-2H3;1-2H,(H2,4,5). The number of nitrogens with zero attached hydrogens (tertiary/aromatic N) is 2. The van der Waals surface area contributed by atoms with Crippen LogP contribution in [0.5, 0.6) is 11.5 Å². The number of rotatable bonds is 4. The Morgan fingerprint density at radius 3 is 2.40 bits per heavy atom. The molecule has 0 aliphatic heterocycles. The van der Waals surface area contributed by atoms with Crippen molar-refractivity contribution in [2.24, 2.45) is 0 Å². The molecule has 2 heterocycles. The van der Waals surface area contributed by atoms with Gasteiger partial charge in [-0.1, -0.05) is 35.0 Å². The number of hydrogen-bond donors (Lipinski definition) is 2. The fraction of sp³-hybridized carbons (Fsp3) is 0.0769. The van der Waals surface area contributed by atoms with Gasteiger partial charge < -0.3 is 19.7 Å². The van der Waals surface area contributed by atoms with Crippen molar-refractivity contribution in [1.82, 2.24) is 10.1 Å². The first-order valence-corrected chi connectivity index (χ1v) is 11.2. The topological polar surface area (TPSA) is 83.4 Å². The average Bonchev–Trinajstić information content (AvgIpc) is 3.34. The second-order valence-electron chi connectivity index (χ2n) is 7.37. The number of methoxy groups -OCH3 is 2. The van der Waals surface area contributed by atoms with Crippen molar-refractivity contribution in [1.29, 1.82) is 0 Å². The molecule has 0 saturated heterocycles. The van der Waals surface area contributed by atoms with Gasteiger partial charge in [-0.05, 0) is 42.0 Å². The fourth-order valence-electron chi connectivity index (χ4n) is 3.61. The maximum atomic E-state index is 13.7. The minimum absolute atomic E-state index is 0.328. The van der Waals surface area contributed by atoms with Crippen LogP contribution in [-0.4, -0.2) is 24.4 Å². The Kier molecular flexibility index (Phi) is 7.43. The molecule has 0 aliphatic rings. The molecule has 35 heavy (non-hydrogen) atoms. The molecule has 0 amide bonds. The molecule has 2 N–H and O–H groups in total. The lowest BCUT2D eigenvalue weighted by Gasteiger charge is -2.17. The van der Waals surface area contributed by atoms with Gasteiger partial charge in [0.15, 0.2) is 5.82 Å². The van der Waals surface area contributed by atoms with E-state index in [9.17, 15) is 4.39 Å². The third kappa shape index (κ3) is 5.34. The van der Waals surface area contributed by atoms with Gasteiger partial charge in [0.25, 0.3) is 0 Å². The van der Waals surface area contributed by atoms with Crippen LogP contribution in [-0.2, 0) is 0 Å².